The first-order chi connectivity index (χ1) is 18.3. The number of hydrogen-bond acceptors (Lipinski definition) is 5. The molecule has 206 valence electrons. The lowest BCUT2D eigenvalue weighted by molar-refractivity contribution is -0.137. The molecule has 1 aliphatic rings. The fourth-order valence-corrected chi connectivity index (χ4v) is 4.67. The van der Waals surface area contributed by atoms with E-state index in [1.807, 2.05) is 0 Å². The lowest BCUT2D eigenvalue weighted by atomic mass is 10.0. The number of amides is 3. The minimum Gasteiger partial charge on any atom is -0.326 e. The van der Waals surface area contributed by atoms with E-state index in [0.717, 1.165) is 41.5 Å². The van der Waals surface area contributed by atoms with Gasteiger partial charge in [0.15, 0.2) is 11.6 Å². The van der Waals surface area contributed by atoms with Gasteiger partial charge in [0, 0.05) is 29.6 Å². The third kappa shape index (κ3) is 6.82. The minimum absolute atomic E-state index is 0.0922. The maximum absolute atomic E-state index is 15.2. The Morgan fingerprint density at radius 3 is 2.44 bits per heavy atom. The average molecular weight is 566 g/mol. The van der Waals surface area contributed by atoms with Crippen LogP contribution in [0.2, 0.25) is 0 Å². The van der Waals surface area contributed by atoms with Gasteiger partial charge in [-0.05, 0) is 49.2 Å². The van der Waals surface area contributed by atoms with Gasteiger partial charge in [0.05, 0.1) is 17.5 Å². The number of benzene rings is 2. The molecule has 0 unspecified atom stereocenters. The number of piperidine rings is 1. The van der Waals surface area contributed by atoms with Crippen LogP contribution in [0.15, 0.2) is 60.8 Å². The van der Waals surface area contributed by atoms with Gasteiger partial charge in [0.2, 0.25) is 10.0 Å². The number of urea groups is 1. The summed E-state index contributed by atoms with van der Waals surface area (Å²) in [7, 11) is -3.60. The molecule has 0 saturated carbocycles. The van der Waals surface area contributed by atoms with Gasteiger partial charge < -0.3 is 10.6 Å². The number of rotatable bonds is 6. The highest BCUT2D eigenvalue weighted by molar-refractivity contribution is 7.92. The lowest BCUT2D eigenvalue weighted by Gasteiger charge is -2.32. The molecule has 9 nitrogen and oxygen atoms in total. The zero-order chi connectivity index (χ0) is 28.4. The second-order valence-corrected chi connectivity index (χ2v) is 10.6. The monoisotopic (exact) mass is 565 g/mol. The summed E-state index contributed by atoms with van der Waals surface area (Å²) in [5, 5.41) is 4.84. The number of pyridine rings is 1. The van der Waals surface area contributed by atoms with Gasteiger partial charge in [-0.1, -0.05) is 18.2 Å². The van der Waals surface area contributed by atoms with Crippen LogP contribution in [0.25, 0.3) is 11.1 Å². The maximum atomic E-state index is 15.2. The first kappa shape index (κ1) is 27.8. The molecule has 3 N–H and O–H groups in total. The standard InChI is InChI=1S/C25H23F4N5O4S/c1-39(37,38)33-20-6-3-2-5-18(20)15-13-19(26)22(30-14-15)34-12-4-7-21(23(34)35)32-24(36)31-17-10-8-16(9-11-17)25(27,28)29/h2-3,5-6,8-11,13-14,21,33H,4,7,12H2,1H3,(H2,31,32,36)/t21-/m1/s1. The van der Waals surface area contributed by atoms with Crippen LogP contribution in [0, 0.1) is 5.82 Å². The number of sulfonamides is 1. The van der Waals surface area contributed by atoms with Gasteiger partial charge in [0.25, 0.3) is 5.91 Å². The maximum Gasteiger partial charge on any atom is 0.416 e. The number of anilines is 3. The Bertz CT molecular complexity index is 1500. The molecule has 4 rings (SSSR count). The molecule has 3 aromatic rings. The van der Waals surface area contributed by atoms with Crippen molar-refractivity contribution >= 4 is 39.2 Å². The molecule has 39 heavy (non-hydrogen) atoms. The molecule has 1 saturated heterocycles. The Morgan fingerprint density at radius 1 is 1.10 bits per heavy atom. The second-order valence-electron chi connectivity index (χ2n) is 8.81. The molecule has 0 spiro atoms. The fraction of sp³-hybridized carbons (Fsp3) is 0.240. The molecule has 2 heterocycles. The number of para-hydroxylation sites is 1. The minimum atomic E-state index is -4.52. The first-order valence-electron chi connectivity index (χ1n) is 11.6. The van der Waals surface area contributed by atoms with Crippen molar-refractivity contribution in [3.05, 3.63) is 72.2 Å². The number of carbonyl (C=O) groups is 2. The van der Waals surface area contributed by atoms with Gasteiger partial charge in [-0.25, -0.2) is 22.6 Å². The second kappa shape index (κ2) is 10.9. The Hall–Kier alpha value is -4.20. The largest absolute Gasteiger partial charge is 0.416 e. The molecule has 2 aromatic carbocycles. The molecule has 1 aliphatic heterocycles. The molecule has 0 aliphatic carbocycles. The summed E-state index contributed by atoms with van der Waals surface area (Å²) in [6.07, 6.45) is -1.54. The van der Waals surface area contributed by atoms with Gasteiger partial charge in [-0.15, -0.1) is 0 Å². The molecule has 1 aromatic heterocycles. The summed E-state index contributed by atoms with van der Waals surface area (Å²) in [5.74, 6) is -1.70. The third-order valence-corrected chi connectivity index (χ3v) is 6.42. The van der Waals surface area contributed by atoms with Crippen molar-refractivity contribution < 1.29 is 35.6 Å². The molecular formula is C25H23F4N5O4S. The van der Waals surface area contributed by atoms with Crippen LogP contribution < -0.4 is 20.3 Å². The number of nitrogens with zero attached hydrogens (tertiary/aromatic N) is 2. The van der Waals surface area contributed by atoms with Gasteiger partial charge in [0.1, 0.15) is 6.04 Å². The predicted octanol–water partition coefficient (Wildman–Crippen LogP) is 4.60. The van der Waals surface area contributed by atoms with Crippen LogP contribution in [0.5, 0.6) is 0 Å². The summed E-state index contributed by atoms with van der Waals surface area (Å²) in [6.45, 7) is 0.146. The zero-order valence-electron chi connectivity index (χ0n) is 20.4. The predicted molar refractivity (Wildman–Crippen MR) is 137 cm³/mol. The lowest BCUT2D eigenvalue weighted by Crippen LogP contribution is -2.53. The normalized spacial score (nSPS) is 16.1. The number of nitrogens with one attached hydrogen (secondary N) is 3. The van der Waals surface area contributed by atoms with Gasteiger partial charge in [-0.3, -0.25) is 14.4 Å². The number of carbonyl (C=O) groups excluding carboxylic acids is 2. The highest BCUT2D eigenvalue weighted by Crippen LogP contribution is 2.32. The Morgan fingerprint density at radius 2 is 1.79 bits per heavy atom. The van der Waals surface area contributed by atoms with Gasteiger partial charge >= 0.3 is 12.2 Å². The molecular weight excluding hydrogens is 542 g/mol. The topological polar surface area (TPSA) is 120 Å². The van der Waals surface area contributed by atoms with Gasteiger partial charge in [-0.2, -0.15) is 13.2 Å². The van der Waals surface area contributed by atoms with Crippen LogP contribution in [-0.4, -0.2) is 44.2 Å². The summed E-state index contributed by atoms with van der Waals surface area (Å²) in [5.41, 5.74) is 0.103. The van der Waals surface area contributed by atoms with E-state index in [1.54, 1.807) is 18.2 Å². The molecule has 0 bridgehead atoms. The number of hydrogen-bond donors (Lipinski definition) is 3. The summed E-state index contributed by atoms with van der Waals surface area (Å²) in [6, 6.07) is 9.47. The summed E-state index contributed by atoms with van der Waals surface area (Å²) in [4.78, 5) is 30.7. The van der Waals surface area contributed by atoms with Crippen molar-refractivity contribution in [2.75, 3.05) is 27.7 Å². The van der Waals surface area contributed by atoms with Crippen molar-refractivity contribution in [1.82, 2.24) is 10.3 Å². The van der Waals surface area contributed by atoms with E-state index in [1.165, 1.54) is 12.3 Å². The van der Waals surface area contributed by atoms with Crippen LogP contribution >= 0.6 is 0 Å². The fourth-order valence-electron chi connectivity index (χ4n) is 4.09. The molecule has 1 fully saturated rings. The van der Waals surface area contributed by atoms with E-state index >= 15 is 4.39 Å². The highest BCUT2D eigenvalue weighted by Gasteiger charge is 2.33. The number of alkyl halides is 3. The van der Waals surface area contributed by atoms with Crippen LogP contribution in [0.1, 0.15) is 18.4 Å². The van der Waals surface area contributed by atoms with Crippen LogP contribution in [0.4, 0.5) is 39.5 Å². The van der Waals surface area contributed by atoms with Crippen molar-refractivity contribution in [2.45, 2.75) is 25.1 Å². The van der Waals surface area contributed by atoms with Crippen LogP contribution in [0.3, 0.4) is 0 Å². The van der Waals surface area contributed by atoms with E-state index in [9.17, 15) is 31.2 Å². The van der Waals surface area contributed by atoms with E-state index < -0.39 is 45.6 Å². The number of aromatic nitrogens is 1. The highest BCUT2D eigenvalue weighted by atomic mass is 32.2. The van der Waals surface area contributed by atoms with Crippen LogP contribution in [-0.2, 0) is 21.0 Å². The zero-order valence-corrected chi connectivity index (χ0v) is 21.2. The Balaban J connectivity index is 1.47. The van der Waals surface area contributed by atoms with E-state index in [-0.39, 0.29) is 35.7 Å². The van der Waals surface area contributed by atoms with Crippen molar-refractivity contribution in [1.29, 1.82) is 0 Å². The van der Waals surface area contributed by atoms with E-state index in [0.29, 0.717) is 12.0 Å². The third-order valence-electron chi connectivity index (χ3n) is 5.82. The quantitative estimate of drug-likeness (QED) is 0.378. The Kier molecular flexibility index (Phi) is 7.77. The smallest absolute Gasteiger partial charge is 0.326 e. The van der Waals surface area contributed by atoms with Crippen molar-refractivity contribution in [2.24, 2.45) is 0 Å². The van der Waals surface area contributed by atoms with E-state index in [2.05, 4.69) is 20.3 Å². The Labute approximate surface area is 221 Å². The SMILES string of the molecule is CS(=O)(=O)Nc1ccccc1-c1cnc(N2CCC[C@@H](NC(=O)Nc3ccc(C(F)(F)F)cc3)C2=O)c(F)c1. The molecule has 14 heteroatoms. The molecule has 1 atom stereocenters. The average Bonchev–Trinajstić information content (AvgIpc) is 2.85. The number of halogens is 4. The summed E-state index contributed by atoms with van der Waals surface area (Å²) < 4.78 is 79.1. The summed E-state index contributed by atoms with van der Waals surface area (Å²) >= 11 is 0. The molecule has 0 radical (unpaired) electrons. The van der Waals surface area contributed by atoms with Crippen molar-refractivity contribution in [3.8, 4) is 11.1 Å². The first-order valence-corrected chi connectivity index (χ1v) is 13.5. The molecule has 3 amide bonds. The van der Waals surface area contributed by atoms with E-state index in [4.69, 9.17) is 0 Å². The van der Waals surface area contributed by atoms with Crippen molar-refractivity contribution in [3.63, 3.8) is 0 Å².